The smallest absolute Gasteiger partial charge is 0.176 e. The van der Waals surface area contributed by atoms with Crippen LogP contribution in [0.15, 0.2) is 63.2 Å². The zero-order valence-corrected chi connectivity index (χ0v) is 16.1. The Balaban J connectivity index is 2.23. The molecule has 2 unspecified atom stereocenters. The van der Waals surface area contributed by atoms with Crippen molar-refractivity contribution >= 4 is 17.9 Å². The molecule has 0 spiro atoms. The van der Waals surface area contributed by atoms with Crippen LogP contribution in [0.3, 0.4) is 0 Å². The van der Waals surface area contributed by atoms with Gasteiger partial charge in [-0.25, -0.2) is 9.98 Å². The van der Waals surface area contributed by atoms with E-state index < -0.39 is 0 Å². The third-order valence-electron chi connectivity index (χ3n) is 3.95. The van der Waals surface area contributed by atoms with Gasteiger partial charge in [-0.3, -0.25) is 4.99 Å². The van der Waals surface area contributed by atoms with Gasteiger partial charge < -0.3 is 5.32 Å². The monoisotopic (exact) mass is 338 g/mol. The van der Waals surface area contributed by atoms with Gasteiger partial charge in [-0.1, -0.05) is 63.3 Å². The fourth-order valence-electron chi connectivity index (χ4n) is 2.51. The molecule has 0 bridgehead atoms. The molecule has 0 saturated heterocycles. The molecule has 4 nitrogen and oxygen atoms in total. The summed E-state index contributed by atoms with van der Waals surface area (Å²) in [5.74, 6) is 1.86. The van der Waals surface area contributed by atoms with Crippen LogP contribution in [0.2, 0.25) is 0 Å². The quantitative estimate of drug-likeness (QED) is 0.566. The Kier molecular flexibility index (Phi) is 6.29. The molecule has 2 aliphatic rings. The molecule has 2 atom stereocenters. The molecule has 1 heterocycles. The zero-order chi connectivity index (χ0) is 18.4. The molecular formula is C21H30N4. The predicted molar refractivity (Wildman–Crippen MR) is 109 cm³/mol. The van der Waals surface area contributed by atoms with E-state index in [-0.39, 0.29) is 11.6 Å². The molecule has 1 aliphatic heterocycles. The molecule has 0 saturated carbocycles. The summed E-state index contributed by atoms with van der Waals surface area (Å²) in [5, 5.41) is 3.47. The maximum Gasteiger partial charge on any atom is 0.176 e. The number of nitrogens with zero attached hydrogens (tertiary/aromatic N) is 3. The molecule has 0 aromatic heterocycles. The van der Waals surface area contributed by atoms with Crippen molar-refractivity contribution < 1.29 is 0 Å². The standard InChI is InChI=1S/C21H30N4/c1-7-8-9-18-23-19(16(3)22-14-21(4,5)6)25-20(24-18)17-12-10-15(2)11-13-17/h7-8,10-12,14,17,20H,3,9,13H2,1-2,4-6H3,(H,23,24,25)/b8-7-,22-14-. The van der Waals surface area contributed by atoms with Crippen molar-refractivity contribution in [3.8, 4) is 0 Å². The predicted octanol–water partition coefficient (Wildman–Crippen LogP) is 4.83. The van der Waals surface area contributed by atoms with Gasteiger partial charge in [0.15, 0.2) is 5.84 Å². The second-order valence-corrected chi connectivity index (χ2v) is 7.65. The van der Waals surface area contributed by atoms with Crippen LogP contribution in [0.4, 0.5) is 0 Å². The summed E-state index contributed by atoms with van der Waals surface area (Å²) in [4.78, 5) is 13.9. The van der Waals surface area contributed by atoms with E-state index in [1.807, 2.05) is 19.2 Å². The van der Waals surface area contributed by atoms with Crippen molar-refractivity contribution in [2.75, 3.05) is 0 Å². The van der Waals surface area contributed by atoms with Gasteiger partial charge in [0.25, 0.3) is 0 Å². The van der Waals surface area contributed by atoms with Crippen molar-refractivity contribution in [2.45, 2.75) is 53.6 Å². The largest absolute Gasteiger partial charge is 0.351 e. The van der Waals surface area contributed by atoms with Gasteiger partial charge in [-0.05, 0) is 25.7 Å². The Morgan fingerprint density at radius 1 is 1.44 bits per heavy atom. The van der Waals surface area contributed by atoms with Crippen LogP contribution in [0.1, 0.15) is 47.5 Å². The molecule has 1 aliphatic carbocycles. The van der Waals surface area contributed by atoms with Crippen LogP contribution >= 0.6 is 0 Å². The van der Waals surface area contributed by atoms with Gasteiger partial charge in [0.05, 0.1) is 5.70 Å². The first-order valence-corrected chi connectivity index (χ1v) is 8.91. The normalized spacial score (nSPS) is 24.1. The zero-order valence-electron chi connectivity index (χ0n) is 16.1. The van der Waals surface area contributed by atoms with Crippen LogP contribution in [0, 0.1) is 11.3 Å². The summed E-state index contributed by atoms with van der Waals surface area (Å²) in [7, 11) is 0. The molecule has 0 aromatic carbocycles. The molecular weight excluding hydrogens is 308 g/mol. The second kappa shape index (κ2) is 8.24. The van der Waals surface area contributed by atoms with Gasteiger partial charge in [0.1, 0.15) is 12.0 Å². The van der Waals surface area contributed by atoms with Gasteiger partial charge in [0.2, 0.25) is 0 Å². The van der Waals surface area contributed by atoms with E-state index in [0.29, 0.717) is 17.5 Å². The summed E-state index contributed by atoms with van der Waals surface area (Å²) < 4.78 is 0. The van der Waals surface area contributed by atoms with E-state index >= 15 is 0 Å². The molecule has 134 valence electrons. The summed E-state index contributed by atoms with van der Waals surface area (Å²) in [6.07, 6.45) is 14.4. The van der Waals surface area contributed by atoms with Gasteiger partial charge in [-0.15, -0.1) is 0 Å². The highest BCUT2D eigenvalue weighted by Crippen LogP contribution is 2.23. The first kappa shape index (κ1) is 19.1. The van der Waals surface area contributed by atoms with Crippen LogP contribution in [0.5, 0.6) is 0 Å². The first-order chi connectivity index (χ1) is 11.8. The number of nitrogens with one attached hydrogen (secondary N) is 1. The van der Waals surface area contributed by atoms with Crippen molar-refractivity contribution in [3.63, 3.8) is 0 Å². The topological polar surface area (TPSA) is 49.1 Å². The minimum Gasteiger partial charge on any atom is -0.351 e. The van der Waals surface area contributed by atoms with Crippen molar-refractivity contribution in [1.82, 2.24) is 5.32 Å². The number of rotatable bonds is 5. The highest BCUT2D eigenvalue weighted by molar-refractivity contribution is 6.08. The highest BCUT2D eigenvalue weighted by Gasteiger charge is 2.25. The Hall–Kier alpha value is -2.23. The average Bonchev–Trinajstić information content (AvgIpc) is 2.57. The molecule has 4 heteroatoms. The Labute approximate surface area is 152 Å². The Morgan fingerprint density at radius 3 is 2.80 bits per heavy atom. The van der Waals surface area contributed by atoms with E-state index in [9.17, 15) is 0 Å². The SMILES string of the molecule is C=C(/N=C\C(C)(C)C)C1=NC(C2C=CC(C)=CC2)NC(C/C=C\C)=N1. The van der Waals surface area contributed by atoms with Gasteiger partial charge >= 0.3 is 0 Å². The average molecular weight is 338 g/mol. The van der Waals surface area contributed by atoms with Gasteiger partial charge in [0, 0.05) is 18.6 Å². The lowest BCUT2D eigenvalue weighted by molar-refractivity contribution is 0.472. The molecule has 0 aromatic rings. The Bertz CT molecular complexity index is 681. The molecule has 1 N–H and O–H groups in total. The maximum absolute atomic E-state index is 4.79. The lowest BCUT2D eigenvalue weighted by Crippen LogP contribution is -2.42. The van der Waals surface area contributed by atoms with E-state index in [4.69, 9.17) is 4.99 Å². The molecule has 0 radical (unpaired) electrons. The van der Waals surface area contributed by atoms with Gasteiger partial charge in [-0.2, -0.15) is 0 Å². The lowest BCUT2D eigenvalue weighted by Gasteiger charge is -2.28. The van der Waals surface area contributed by atoms with Crippen LogP contribution < -0.4 is 5.32 Å². The second-order valence-electron chi connectivity index (χ2n) is 7.65. The van der Waals surface area contributed by atoms with E-state index in [2.05, 4.69) is 73.9 Å². The summed E-state index contributed by atoms with van der Waals surface area (Å²) >= 11 is 0. The third kappa shape index (κ3) is 5.96. The van der Waals surface area contributed by atoms with E-state index in [0.717, 1.165) is 18.7 Å². The van der Waals surface area contributed by atoms with Crippen molar-refractivity contribution in [2.24, 2.45) is 26.3 Å². The molecule has 0 fully saturated rings. The minimum atomic E-state index is -0.0325. The summed E-state index contributed by atoms with van der Waals surface area (Å²) in [6, 6.07) is 0. The fraction of sp³-hybridized carbons (Fsp3) is 0.476. The van der Waals surface area contributed by atoms with E-state index in [1.165, 1.54) is 5.57 Å². The molecule has 25 heavy (non-hydrogen) atoms. The minimum absolute atomic E-state index is 0.00173. The number of amidine groups is 2. The van der Waals surface area contributed by atoms with Crippen LogP contribution in [-0.4, -0.2) is 24.1 Å². The maximum atomic E-state index is 4.79. The fourth-order valence-corrected chi connectivity index (χ4v) is 2.51. The number of hydrogen-bond donors (Lipinski definition) is 1. The van der Waals surface area contributed by atoms with Crippen molar-refractivity contribution in [1.29, 1.82) is 0 Å². The summed E-state index contributed by atoms with van der Waals surface area (Å²) in [6.45, 7) is 14.5. The molecule has 2 rings (SSSR count). The molecule has 0 amide bonds. The highest BCUT2D eigenvalue weighted by atomic mass is 15.2. The summed E-state index contributed by atoms with van der Waals surface area (Å²) in [5.41, 5.74) is 1.92. The van der Waals surface area contributed by atoms with Crippen LogP contribution in [-0.2, 0) is 0 Å². The number of hydrogen-bond acceptors (Lipinski definition) is 4. The first-order valence-electron chi connectivity index (χ1n) is 8.91. The Morgan fingerprint density at radius 2 is 2.20 bits per heavy atom. The van der Waals surface area contributed by atoms with E-state index in [1.54, 1.807) is 0 Å². The third-order valence-corrected chi connectivity index (χ3v) is 3.95. The van der Waals surface area contributed by atoms with Crippen LogP contribution in [0.25, 0.3) is 0 Å². The van der Waals surface area contributed by atoms with Crippen molar-refractivity contribution in [3.05, 3.63) is 48.2 Å². The lowest BCUT2D eigenvalue weighted by atomic mass is 9.94. The number of allylic oxidation sites excluding steroid dienone is 4. The number of aliphatic imine (C=N–C) groups is 3.